The van der Waals surface area contributed by atoms with Gasteiger partial charge >= 0.3 is 6.03 Å². The summed E-state index contributed by atoms with van der Waals surface area (Å²) in [5.41, 5.74) is 3.28. The van der Waals surface area contributed by atoms with Crippen LogP contribution in [0.5, 0.6) is 0 Å². The summed E-state index contributed by atoms with van der Waals surface area (Å²) in [5.74, 6) is 0. The van der Waals surface area contributed by atoms with Gasteiger partial charge in [0.15, 0.2) is 0 Å². The van der Waals surface area contributed by atoms with Crippen molar-refractivity contribution in [2.75, 3.05) is 11.4 Å². The van der Waals surface area contributed by atoms with E-state index in [9.17, 15) is 4.79 Å². The highest BCUT2D eigenvalue weighted by molar-refractivity contribution is 6.30. The average Bonchev–Trinajstić information content (AvgIpc) is 2.90. The molecule has 0 saturated carbocycles. The van der Waals surface area contributed by atoms with Crippen LogP contribution in [-0.4, -0.2) is 12.6 Å². The van der Waals surface area contributed by atoms with Gasteiger partial charge in [-0.3, -0.25) is 4.90 Å². The van der Waals surface area contributed by atoms with Gasteiger partial charge in [-0.05, 0) is 35.7 Å². The molecular formula is C16H15ClN2O. The van der Waals surface area contributed by atoms with Gasteiger partial charge in [0.1, 0.15) is 0 Å². The molecule has 2 amide bonds. The van der Waals surface area contributed by atoms with Gasteiger partial charge in [-0.1, -0.05) is 41.9 Å². The standard InChI is InChI=1S/C16H15ClN2O/c17-14-7-5-12(6-8-14)11-18-16(20)19-10-9-13-3-1-2-4-15(13)19/h1-8H,9-11H2,(H,18,20). The van der Waals surface area contributed by atoms with E-state index in [0.29, 0.717) is 11.6 Å². The molecule has 20 heavy (non-hydrogen) atoms. The van der Waals surface area contributed by atoms with Gasteiger partial charge in [0.25, 0.3) is 0 Å². The highest BCUT2D eigenvalue weighted by Gasteiger charge is 2.23. The zero-order valence-corrected chi connectivity index (χ0v) is 11.7. The number of benzene rings is 2. The molecule has 102 valence electrons. The number of hydrogen-bond acceptors (Lipinski definition) is 1. The quantitative estimate of drug-likeness (QED) is 0.899. The van der Waals surface area contributed by atoms with Crippen molar-refractivity contribution in [3.05, 3.63) is 64.7 Å². The lowest BCUT2D eigenvalue weighted by Crippen LogP contribution is -2.38. The van der Waals surface area contributed by atoms with Crippen molar-refractivity contribution >= 4 is 23.3 Å². The summed E-state index contributed by atoms with van der Waals surface area (Å²) in [6.07, 6.45) is 0.921. The van der Waals surface area contributed by atoms with Crippen molar-refractivity contribution in [3.63, 3.8) is 0 Å². The number of rotatable bonds is 2. The van der Waals surface area contributed by atoms with Crippen LogP contribution in [0.3, 0.4) is 0 Å². The molecule has 1 N–H and O–H groups in total. The molecule has 0 saturated heterocycles. The van der Waals surface area contributed by atoms with Crippen LogP contribution in [0, 0.1) is 0 Å². The molecule has 3 rings (SSSR count). The predicted molar refractivity (Wildman–Crippen MR) is 81.2 cm³/mol. The van der Waals surface area contributed by atoms with E-state index in [1.807, 2.05) is 42.5 Å². The molecule has 0 radical (unpaired) electrons. The first kappa shape index (κ1) is 13.0. The van der Waals surface area contributed by atoms with Crippen molar-refractivity contribution < 1.29 is 4.79 Å². The first-order valence-electron chi connectivity index (χ1n) is 6.62. The smallest absolute Gasteiger partial charge is 0.322 e. The maximum absolute atomic E-state index is 12.2. The highest BCUT2D eigenvalue weighted by Crippen LogP contribution is 2.27. The third kappa shape index (κ3) is 2.63. The fraction of sp³-hybridized carbons (Fsp3) is 0.188. The SMILES string of the molecule is O=C(NCc1ccc(Cl)cc1)N1CCc2ccccc21. The van der Waals surface area contributed by atoms with Crippen LogP contribution >= 0.6 is 11.6 Å². The number of carbonyl (C=O) groups excluding carboxylic acids is 1. The van der Waals surface area contributed by atoms with Crippen LogP contribution in [0.1, 0.15) is 11.1 Å². The van der Waals surface area contributed by atoms with Crippen LogP contribution in [0.4, 0.5) is 10.5 Å². The van der Waals surface area contributed by atoms with Crippen LogP contribution < -0.4 is 10.2 Å². The first-order valence-corrected chi connectivity index (χ1v) is 6.99. The van der Waals surface area contributed by atoms with Gasteiger partial charge in [-0.2, -0.15) is 0 Å². The number of para-hydroxylation sites is 1. The van der Waals surface area contributed by atoms with Crippen molar-refractivity contribution in [1.82, 2.24) is 5.32 Å². The summed E-state index contributed by atoms with van der Waals surface area (Å²) in [6.45, 7) is 1.25. The number of nitrogens with zero attached hydrogens (tertiary/aromatic N) is 1. The molecule has 0 aromatic heterocycles. The van der Waals surface area contributed by atoms with Crippen molar-refractivity contribution in [2.24, 2.45) is 0 Å². The Hall–Kier alpha value is -2.00. The maximum atomic E-state index is 12.2. The number of fused-ring (bicyclic) bond motifs is 1. The van der Waals surface area contributed by atoms with E-state index in [1.165, 1.54) is 5.56 Å². The second-order valence-electron chi connectivity index (χ2n) is 4.82. The summed E-state index contributed by atoms with van der Waals surface area (Å²) < 4.78 is 0. The molecule has 0 atom stereocenters. The third-order valence-electron chi connectivity index (χ3n) is 3.49. The van der Waals surface area contributed by atoms with E-state index in [0.717, 1.165) is 24.2 Å². The minimum absolute atomic E-state index is 0.0510. The number of carbonyl (C=O) groups is 1. The number of urea groups is 1. The molecule has 3 nitrogen and oxygen atoms in total. The maximum Gasteiger partial charge on any atom is 0.322 e. The monoisotopic (exact) mass is 286 g/mol. The van der Waals surface area contributed by atoms with Gasteiger partial charge < -0.3 is 5.32 Å². The minimum Gasteiger partial charge on any atom is -0.334 e. The van der Waals surface area contributed by atoms with E-state index in [1.54, 1.807) is 4.90 Å². The van der Waals surface area contributed by atoms with Crippen molar-refractivity contribution in [1.29, 1.82) is 0 Å². The van der Waals surface area contributed by atoms with Gasteiger partial charge in [-0.25, -0.2) is 4.79 Å². The Morgan fingerprint density at radius 2 is 1.90 bits per heavy atom. The van der Waals surface area contributed by atoms with Crippen LogP contribution in [0.25, 0.3) is 0 Å². The van der Waals surface area contributed by atoms with Gasteiger partial charge in [0, 0.05) is 23.8 Å². The fourth-order valence-corrected chi connectivity index (χ4v) is 2.55. The molecule has 0 unspecified atom stereocenters. The topological polar surface area (TPSA) is 32.3 Å². The molecule has 0 bridgehead atoms. The fourth-order valence-electron chi connectivity index (χ4n) is 2.42. The zero-order chi connectivity index (χ0) is 13.9. The van der Waals surface area contributed by atoms with Crippen molar-refractivity contribution in [3.8, 4) is 0 Å². The first-order chi connectivity index (χ1) is 9.74. The van der Waals surface area contributed by atoms with Gasteiger partial charge in [0.2, 0.25) is 0 Å². The molecule has 2 aromatic carbocycles. The van der Waals surface area contributed by atoms with Gasteiger partial charge in [-0.15, -0.1) is 0 Å². The number of halogens is 1. The largest absolute Gasteiger partial charge is 0.334 e. The molecule has 1 aliphatic rings. The van der Waals surface area contributed by atoms with E-state index in [-0.39, 0.29) is 6.03 Å². The van der Waals surface area contributed by atoms with E-state index < -0.39 is 0 Å². The lowest BCUT2D eigenvalue weighted by molar-refractivity contribution is 0.246. The van der Waals surface area contributed by atoms with Crippen molar-refractivity contribution in [2.45, 2.75) is 13.0 Å². The Balaban J connectivity index is 1.65. The number of nitrogens with one attached hydrogen (secondary N) is 1. The molecule has 0 spiro atoms. The second-order valence-corrected chi connectivity index (χ2v) is 5.25. The molecule has 0 fully saturated rings. The molecular weight excluding hydrogens is 272 g/mol. The Kier molecular flexibility index (Phi) is 3.61. The van der Waals surface area contributed by atoms with Crippen LogP contribution in [-0.2, 0) is 13.0 Å². The number of amides is 2. The minimum atomic E-state index is -0.0510. The number of hydrogen-bond donors (Lipinski definition) is 1. The Bertz CT molecular complexity index is 625. The van der Waals surface area contributed by atoms with E-state index >= 15 is 0 Å². The predicted octanol–water partition coefficient (Wildman–Crippen LogP) is 3.61. The third-order valence-corrected chi connectivity index (χ3v) is 3.74. The second kappa shape index (κ2) is 5.55. The van der Waals surface area contributed by atoms with E-state index in [4.69, 9.17) is 11.6 Å². The average molecular weight is 287 g/mol. The summed E-state index contributed by atoms with van der Waals surface area (Å²) in [4.78, 5) is 14.0. The summed E-state index contributed by atoms with van der Waals surface area (Å²) in [7, 11) is 0. The normalized spacial score (nSPS) is 13.2. The Morgan fingerprint density at radius 3 is 2.70 bits per heavy atom. The molecule has 4 heteroatoms. The molecule has 1 aliphatic heterocycles. The zero-order valence-electron chi connectivity index (χ0n) is 11.0. The lowest BCUT2D eigenvalue weighted by atomic mass is 10.2. The highest BCUT2D eigenvalue weighted by atomic mass is 35.5. The molecule has 2 aromatic rings. The summed E-state index contributed by atoms with van der Waals surface area (Å²) in [5, 5.41) is 3.65. The summed E-state index contributed by atoms with van der Waals surface area (Å²) in [6, 6.07) is 15.5. The van der Waals surface area contributed by atoms with Crippen LogP contribution in [0.2, 0.25) is 5.02 Å². The summed E-state index contributed by atoms with van der Waals surface area (Å²) >= 11 is 5.84. The molecule has 1 heterocycles. The van der Waals surface area contributed by atoms with Crippen LogP contribution in [0.15, 0.2) is 48.5 Å². The lowest BCUT2D eigenvalue weighted by Gasteiger charge is -2.18. The Labute approximate surface area is 123 Å². The van der Waals surface area contributed by atoms with Gasteiger partial charge in [0.05, 0.1) is 0 Å². The Morgan fingerprint density at radius 1 is 1.15 bits per heavy atom. The number of anilines is 1. The van der Waals surface area contributed by atoms with E-state index in [2.05, 4.69) is 11.4 Å². The molecule has 0 aliphatic carbocycles.